The molecule has 0 aliphatic carbocycles. The molecule has 0 spiro atoms. The first kappa shape index (κ1) is 35.6. The summed E-state index contributed by atoms with van der Waals surface area (Å²) < 4.78 is 16.3. The summed E-state index contributed by atoms with van der Waals surface area (Å²) in [4.78, 5) is 53.8. The molecular weight excluding hydrogens is 574 g/mol. The fourth-order valence-corrected chi connectivity index (χ4v) is 5.27. The van der Waals surface area contributed by atoms with Crippen LogP contribution in [0.1, 0.15) is 77.3 Å². The summed E-state index contributed by atoms with van der Waals surface area (Å²) in [6.07, 6.45) is 3.35. The van der Waals surface area contributed by atoms with Crippen LogP contribution in [0.15, 0.2) is 60.7 Å². The number of hydrogen-bond acceptors (Lipinski definition) is 8. The van der Waals surface area contributed by atoms with E-state index >= 15 is 0 Å². The van der Waals surface area contributed by atoms with Crippen LogP contribution < -0.4 is 10.6 Å². The first-order valence-electron chi connectivity index (χ1n) is 16.0. The Morgan fingerprint density at radius 3 is 2.20 bits per heavy atom. The molecule has 1 saturated heterocycles. The van der Waals surface area contributed by atoms with E-state index in [1.807, 2.05) is 60.7 Å². The molecule has 10 nitrogen and oxygen atoms in total. The Balaban J connectivity index is 1.65. The monoisotopic (exact) mass is 623 g/mol. The van der Waals surface area contributed by atoms with Gasteiger partial charge in [0.25, 0.3) is 0 Å². The number of amides is 2. The molecule has 3 atom stereocenters. The summed E-state index contributed by atoms with van der Waals surface area (Å²) in [5.74, 6) is -1.08. The fourth-order valence-electron chi connectivity index (χ4n) is 5.27. The van der Waals surface area contributed by atoms with Gasteiger partial charge in [-0.05, 0) is 83.8 Å². The Morgan fingerprint density at radius 2 is 1.56 bits per heavy atom. The van der Waals surface area contributed by atoms with Crippen molar-refractivity contribution in [3.8, 4) is 0 Å². The minimum absolute atomic E-state index is 0.181. The summed E-state index contributed by atoms with van der Waals surface area (Å²) in [6, 6.07) is 17.1. The van der Waals surface area contributed by atoms with Gasteiger partial charge in [0, 0.05) is 13.1 Å². The molecule has 2 N–H and O–H groups in total. The highest BCUT2D eigenvalue weighted by atomic mass is 16.6. The van der Waals surface area contributed by atoms with Crippen LogP contribution in [-0.2, 0) is 41.6 Å². The number of esters is 2. The zero-order chi connectivity index (χ0) is 32.7. The second-order valence-electron chi connectivity index (χ2n) is 12.3. The van der Waals surface area contributed by atoms with Gasteiger partial charge in [-0.2, -0.15) is 0 Å². The molecule has 0 aromatic heterocycles. The van der Waals surface area contributed by atoms with Crippen molar-refractivity contribution in [2.45, 2.75) is 103 Å². The lowest BCUT2D eigenvalue weighted by Crippen LogP contribution is -2.55. The third-order valence-electron chi connectivity index (χ3n) is 7.45. The van der Waals surface area contributed by atoms with Gasteiger partial charge in [-0.3, -0.25) is 14.9 Å². The van der Waals surface area contributed by atoms with Crippen LogP contribution in [0.4, 0.5) is 4.79 Å². The second-order valence-corrected chi connectivity index (χ2v) is 12.3. The number of carbonyl (C=O) groups excluding carboxylic acids is 4. The van der Waals surface area contributed by atoms with Gasteiger partial charge < -0.3 is 24.4 Å². The van der Waals surface area contributed by atoms with E-state index in [9.17, 15) is 19.2 Å². The molecule has 2 aromatic carbocycles. The van der Waals surface area contributed by atoms with Crippen LogP contribution in [0.3, 0.4) is 0 Å². The summed E-state index contributed by atoms with van der Waals surface area (Å²) in [7, 11) is 0. The standard InChI is InChI=1S/C35H49N3O7/c1-5-43-32(40)29(22-21-26-15-8-6-9-16-26)37-28(31(39)38-24-14-20-30(38)33(41)45-35(2,3)4)19-12-13-23-36-34(42)44-25-27-17-10-7-11-18-27/h6-11,15-18,28-30,37H,5,12-14,19-25H2,1-4H3,(H,36,42)/t28-,29?,30-/m0/s1. The van der Waals surface area contributed by atoms with Crippen molar-refractivity contribution in [2.75, 3.05) is 19.7 Å². The lowest BCUT2D eigenvalue weighted by Gasteiger charge is -2.32. The third kappa shape index (κ3) is 12.5. The predicted octanol–water partition coefficient (Wildman–Crippen LogP) is 4.94. The van der Waals surface area contributed by atoms with E-state index in [4.69, 9.17) is 14.2 Å². The molecular formula is C35H49N3O7. The number of nitrogens with zero attached hydrogens (tertiary/aromatic N) is 1. The van der Waals surface area contributed by atoms with Crippen molar-refractivity contribution in [3.63, 3.8) is 0 Å². The molecule has 0 saturated carbocycles. The van der Waals surface area contributed by atoms with Gasteiger partial charge in [-0.15, -0.1) is 0 Å². The van der Waals surface area contributed by atoms with Gasteiger partial charge in [-0.25, -0.2) is 9.59 Å². The zero-order valence-electron chi connectivity index (χ0n) is 27.1. The van der Waals surface area contributed by atoms with E-state index in [0.717, 1.165) is 11.1 Å². The van der Waals surface area contributed by atoms with Gasteiger partial charge >= 0.3 is 18.0 Å². The van der Waals surface area contributed by atoms with Crippen molar-refractivity contribution < 1.29 is 33.4 Å². The molecule has 1 heterocycles. The van der Waals surface area contributed by atoms with E-state index in [2.05, 4.69) is 10.6 Å². The second kappa shape index (κ2) is 18.1. The van der Waals surface area contributed by atoms with Crippen LogP contribution >= 0.6 is 0 Å². The topological polar surface area (TPSA) is 123 Å². The number of unbranched alkanes of at least 4 members (excludes halogenated alkanes) is 1. The lowest BCUT2D eigenvalue weighted by atomic mass is 10.0. The van der Waals surface area contributed by atoms with Gasteiger partial charge in [-0.1, -0.05) is 60.7 Å². The molecule has 1 unspecified atom stereocenters. The third-order valence-corrected chi connectivity index (χ3v) is 7.45. The number of nitrogens with one attached hydrogen (secondary N) is 2. The first-order valence-corrected chi connectivity index (χ1v) is 16.0. The largest absolute Gasteiger partial charge is 0.465 e. The minimum atomic E-state index is -0.733. The van der Waals surface area contributed by atoms with Crippen molar-refractivity contribution >= 4 is 23.9 Å². The Labute approximate surface area is 267 Å². The van der Waals surface area contributed by atoms with Gasteiger partial charge in [0.2, 0.25) is 5.91 Å². The maximum Gasteiger partial charge on any atom is 0.407 e. The maximum atomic E-state index is 14.0. The highest BCUT2D eigenvalue weighted by Crippen LogP contribution is 2.23. The normalized spacial score (nSPS) is 16.0. The van der Waals surface area contributed by atoms with E-state index < -0.39 is 41.8 Å². The SMILES string of the molecule is CCOC(=O)C(CCc1ccccc1)N[C@@H](CCCCNC(=O)OCc1ccccc1)C(=O)N1CCC[C@H]1C(=O)OC(C)(C)C. The smallest absolute Gasteiger partial charge is 0.407 e. The first-order chi connectivity index (χ1) is 21.6. The van der Waals surface area contributed by atoms with Crippen molar-refractivity contribution in [2.24, 2.45) is 0 Å². The van der Waals surface area contributed by atoms with E-state index in [-0.39, 0.29) is 19.1 Å². The van der Waals surface area contributed by atoms with E-state index in [1.54, 1.807) is 32.6 Å². The van der Waals surface area contributed by atoms with Crippen LogP contribution in [0, 0.1) is 0 Å². The van der Waals surface area contributed by atoms with Crippen LogP contribution in [0.5, 0.6) is 0 Å². The Morgan fingerprint density at radius 1 is 0.889 bits per heavy atom. The Kier molecular flexibility index (Phi) is 14.3. The van der Waals surface area contributed by atoms with E-state index in [1.165, 1.54) is 0 Å². The van der Waals surface area contributed by atoms with Crippen LogP contribution in [0.2, 0.25) is 0 Å². The summed E-state index contributed by atoms with van der Waals surface area (Å²) in [6.45, 7) is 8.37. The van der Waals surface area contributed by atoms with Gasteiger partial charge in [0.15, 0.2) is 0 Å². The molecule has 10 heteroatoms. The molecule has 2 aromatic rings. The molecule has 2 amide bonds. The molecule has 1 fully saturated rings. The average Bonchev–Trinajstić information content (AvgIpc) is 3.51. The van der Waals surface area contributed by atoms with Gasteiger partial charge in [0.1, 0.15) is 24.3 Å². The minimum Gasteiger partial charge on any atom is -0.465 e. The number of rotatable bonds is 16. The average molecular weight is 624 g/mol. The molecule has 45 heavy (non-hydrogen) atoms. The molecule has 1 aliphatic rings. The van der Waals surface area contributed by atoms with Crippen LogP contribution in [0.25, 0.3) is 0 Å². The highest BCUT2D eigenvalue weighted by Gasteiger charge is 2.40. The van der Waals surface area contributed by atoms with Gasteiger partial charge in [0.05, 0.1) is 12.6 Å². The van der Waals surface area contributed by atoms with Crippen molar-refractivity contribution in [3.05, 3.63) is 71.8 Å². The molecule has 246 valence electrons. The lowest BCUT2D eigenvalue weighted by molar-refractivity contribution is -0.163. The number of alkyl carbamates (subject to hydrolysis) is 1. The maximum absolute atomic E-state index is 14.0. The summed E-state index contributed by atoms with van der Waals surface area (Å²) in [5.41, 5.74) is 1.30. The fraction of sp³-hybridized carbons (Fsp3) is 0.543. The van der Waals surface area contributed by atoms with Crippen molar-refractivity contribution in [1.82, 2.24) is 15.5 Å². The highest BCUT2D eigenvalue weighted by molar-refractivity contribution is 5.89. The number of hydrogen-bond donors (Lipinski definition) is 2. The zero-order valence-corrected chi connectivity index (χ0v) is 27.1. The number of aryl methyl sites for hydroxylation is 1. The summed E-state index contributed by atoms with van der Waals surface area (Å²) in [5, 5.41) is 6.06. The Hall–Kier alpha value is -3.92. The number of likely N-dealkylation sites (tertiary alicyclic amines) is 1. The summed E-state index contributed by atoms with van der Waals surface area (Å²) >= 11 is 0. The number of carbonyl (C=O) groups is 4. The van der Waals surface area contributed by atoms with E-state index in [0.29, 0.717) is 58.0 Å². The number of benzene rings is 2. The molecule has 0 radical (unpaired) electrons. The quantitative estimate of drug-likeness (QED) is 0.153. The molecule has 3 rings (SSSR count). The predicted molar refractivity (Wildman–Crippen MR) is 171 cm³/mol. The molecule has 0 bridgehead atoms. The van der Waals surface area contributed by atoms with Crippen molar-refractivity contribution in [1.29, 1.82) is 0 Å². The number of ether oxygens (including phenoxy) is 3. The molecule has 1 aliphatic heterocycles. The Bertz CT molecular complexity index is 1220. The van der Waals surface area contributed by atoms with Crippen LogP contribution in [-0.4, -0.2) is 72.3 Å².